The maximum Gasteiger partial charge on any atom is 0.240 e. The fourth-order valence-corrected chi connectivity index (χ4v) is 4.08. The highest BCUT2D eigenvalue weighted by molar-refractivity contribution is 5.90. The summed E-state index contributed by atoms with van der Waals surface area (Å²) in [5.41, 5.74) is 2.01. The molecule has 8 nitrogen and oxygen atoms in total. The van der Waals surface area contributed by atoms with Crippen molar-refractivity contribution in [3.8, 4) is 0 Å². The van der Waals surface area contributed by atoms with Crippen molar-refractivity contribution in [3.63, 3.8) is 0 Å². The van der Waals surface area contributed by atoms with Gasteiger partial charge in [0.1, 0.15) is 0 Å². The first-order chi connectivity index (χ1) is 13.0. The summed E-state index contributed by atoms with van der Waals surface area (Å²) in [6.07, 6.45) is 6.44. The molecular weight excluding hydrogens is 344 g/mol. The number of nitrogens with zero attached hydrogens (tertiary/aromatic N) is 5. The summed E-state index contributed by atoms with van der Waals surface area (Å²) in [6.45, 7) is 7.35. The molecule has 1 N–H and O–H groups in total. The van der Waals surface area contributed by atoms with Crippen LogP contribution in [0.3, 0.4) is 0 Å². The van der Waals surface area contributed by atoms with Crippen molar-refractivity contribution in [2.75, 3.05) is 38.5 Å². The molecule has 2 aromatic heterocycles. The number of likely N-dealkylation sites (N-methyl/N-ethyl adjacent to an activating group) is 1. The number of nitrogens with one attached hydrogen (secondary N) is 1. The van der Waals surface area contributed by atoms with Crippen LogP contribution in [0.1, 0.15) is 37.1 Å². The zero-order valence-electron chi connectivity index (χ0n) is 16.7. The maximum absolute atomic E-state index is 12.3. The lowest BCUT2D eigenvalue weighted by Crippen LogP contribution is -2.44. The van der Waals surface area contributed by atoms with Crippen LogP contribution in [0.25, 0.3) is 0 Å². The number of amides is 1. The van der Waals surface area contributed by atoms with Gasteiger partial charge in [0.05, 0.1) is 18.4 Å². The highest BCUT2D eigenvalue weighted by atomic mass is 16.5. The first-order valence-corrected chi connectivity index (χ1v) is 9.60. The van der Waals surface area contributed by atoms with Crippen LogP contribution >= 0.6 is 0 Å². The first-order valence-electron chi connectivity index (χ1n) is 9.60. The van der Waals surface area contributed by atoms with Gasteiger partial charge in [0, 0.05) is 37.5 Å². The topological polar surface area (TPSA) is 79.4 Å². The van der Waals surface area contributed by atoms with E-state index in [0.29, 0.717) is 24.4 Å². The van der Waals surface area contributed by atoms with Crippen LogP contribution < -0.4 is 5.32 Å². The molecule has 148 valence electrons. The molecule has 0 aromatic carbocycles. The van der Waals surface area contributed by atoms with Gasteiger partial charge in [0.25, 0.3) is 0 Å². The molecule has 1 aliphatic rings. The molecule has 0 radical (unpaired) electrons. The normalized spacial score (nSPS) is 20.9. The van der Waals surface area contributed by atoms with Gasteiger partial charge < -0.3 is 4.52 Å². The molecule has 1 amide bonds. The Bertz CT molecular complexity index is 755. The number of anilines is 1. The molecule has 27 heavy (non-hydrogen) atoms. The van der Waals surface area contributed by atoms with E-state index in [-0.39, 0.29) is 5.91 Å². The van der Waals surface area contributed by atoms with E-state index in [2.05, 4.69) is 38.5 Å². The Morgan fingerprint density at radius 3 is 2.93 bits per heavy atom. The molecule has 8 heteroatoms. The zero-order valence-corrected chi connectivity index (χ0v) is 16.7. The summed E-state index contributed by atoms with van der Waals surface area (Å²) < 4.78 is 6.92. The second kappa shape index (κ2) is 8.67. The van der Waals surface area contributed by atoms with Crippen molar-refractivity contribution < 1.29 is 9.32 Å². The molecule has 2 aromatic rings. The third kappa shape index (κ3) is 4.95. The molecular formula is C19H30N6O2. The van der Waals surface area contributed by atoms with E-state index in [0.717, 1.165) is 31.7 Å². The number of rotatable bonds is 7. The Kier molecular flexibility index (Phi) is 6.28. The van der Waals surface area contributed by atoms with Gasteiger partial charge in [-0.3, -0.25) is 24.6 Å². The van der Waals surface area contributed by atoms with Crippen molar-refractivity contribution >= 4 is 11.8 Å². The van der Waals surface area contributed by atoms with E-state index >= 15 is 0 Å². The SMILES string of the molecule is CCN1CCC[C@@H](CN(C)CC(=O)Nc2cc(C)no2)[C@@H]1c1cnn(C)c1. The van der Waals surface area contributed by atoms with Gasteiger partial charge in [0.2, 0.25) is 11.8 Å². The summed E-state index contributed by atoms with van der Waals surface area (Å²) in [6, 6.07) is 2.07. The predicted molar refractivity (Wildman–Crippen MR) is 103 cm³/mol. The number of hydrogen-bond acceptors (Lipinski definition) is 6. The largest absolute Gasteiger partial charge is 0.338 e. The van der Waals surface area contributed by atoms with Gasteiger partial charge in [-0.1, -0.05) is 12.1 Å². The highest BCUT2D eigenvalue weighted by Gasteiger charge is 2.33. The lowest BCUT2D eigenvalue weighted by Gasteiger charge is -2.42. The Hall–Kier alpha value is -2.19. The molecule has 0 spiro atoms. The van der Waals surface area contributed by atoms with Crippen LogP contribution in [-0.4, -0.2) is 63.9 Å². The smallest absolute Gasteiger partial charge is 0.240 e. The zero-order chi connectivity index (χ0) is 19.4. The van der Waals surface area contributed by atoms with Gasteiger partial charge in [0.15, 0.2) is 0 Å². The van der Waals surface area contributed by atoms with Gasteiger partial charge >= 0.3 is 0 Å². The van der Waals surface area contributed by atoms with E-state index < -0.39 is 0 Å². The van der Waals surface area contributed by atoms with Crippen LogP contribution in [0, 0.1) is 12.8 Å². The van der Waals surface area contributed by atoms with Crippen LogP contribution in [0.5, 0.6) is 0 Å². The second-order valence-electron chi connectivity index (χ2n) is 7.50. The average Bonchev–Trinajstić information content (AvgIpc) is 3.22. The molecule has 3 heterocycles. The van der Waals surface area contributed by atoms with E-state index in [1.54, 1.807) is 6.07 Å². The number of piperidine rings is 1. The molecule has 0 aliphatic carbocycles. The van der Waals surface area contributed by atoms with E-state index in [1.165, 1.54) is 12.0 Å². The summed E-state index contributed by atoms with van der Waals surface area (Å²) in [4.78, 5) is 16.9. The van der Waals surface area contributed by atoms with E-state index in [4.69, 9.17) is 4.52 Å². The first kappa shape index (κ1) is 19.6. The summed E-state index contributed by atoms with van der Waals surface area (Å²) >= 11 is 0. The second-order valence-corrected chi connectivity index (χ2v) is 7.50. The molecule has 3 rings (SSSR count). The quantitative estimate of drug-likeness (QED) is 0.799. The molecule has 1 fully saturated rings. The molecule has 1 saturated heterocycles. The third-order valence-electron chi connectivity index (χ3n) is 5.18. The summed E-state index contributed by atoms with van der Waals surface area (Å²) in [5.74, 6) is 0.775. The Labute approximate surface area is 160 Å². The minimum atomic E-state index is -0.0882. The lowest BCUT2D eigenvalue weighted by molar-refractivity contribution is -0.117. The van der Waals surface area contributed by atoms with Crippen LogP contribution in [0.2, 0.25) is 0 Å². The predicted octanol–water partition coefficient (Wildman–Crippen LogP) is 2.06. The molecule has 1 aliphatic heterocycles. The number of hydrogen-bond donors (Lipinski definition) is 1. The molecule has 2 atom stereocenters. The summed E-state index contributed by atoms with van der Waals surface area (Å²) in [5, 5.41) is 10.9. The Morgan fingerprint density at radius 2 is 2.30 bits per heavy atom. The van der Waals surface area contributed by atoms with Gasteiger partial charge in [-0.2, -0.15) is 5.10 Å². The van der Waals surface area contributed by atoms with E-state index in [9.17, 15) is 4.79 Å². The minimum absolute atomic E-state index is 0.0882. The molecule has 0 bridgehead atoms. The van der Waals surface area contributed by atoms with Crippen LogP contribution in [0.15, 0.2) is 23.0 Å². The van der Waals surface area contributed by atoms with Crippen molar-refractivity contribution in [1.82, 2.24) is 24.7 Å². The fraction of sp³-hybridized carbons (Fsp3) is 0.632. The third-order valence-corrected chi connectivity index (χ3v) is 5.18. The van der Waals surface area contributed by atoms with E-state index in [1.807, 2.05) is 31.9 Å². The Balaban J connectivity index is 1.61. The standard InChI is InChI=1S/C19H30N6O2/c1-5-25-8-6-7-15(19(25)16-10-20-24(4)12-16)11-23(3)13-17(26)21-18-9-14(2)22-27-18/h9-10,12,15,19H,5-8,11,13H2,1-4H3,(H,21,26)/t15-,19+/m0/s1. The van der Waals surface area contributed by atoms with Crippen LogP contribution in [0.4, 0.5) is 5.88 Å². The number of carbonyl (C=O) groups excluding carboxylic acids is 1. The number of aromatic nitrogens is 3. The fourth-order valence-electron chi connectivity index (χ4n) is 4.08. The molecule has 0 saturated carbocycles. The van der Waals surface area contributed by atoms with Gasteiger partial charge in [-0.15, -0.1) is 0 Å². The number of aryl methyl sites for hydroxylation is 2. The van der Waals surface area contributed by atoms with Crippen molar-refractivity contribution in [2.45, 2.75) is 32.7 Å². The number of likely N-dealkylation sites (tertiary alicyclic amines) is 1. The highest BCUT2D eigenvalue weighted by Crippen LogP contribution is 2.36. The Morgan fingerprint density at radius 1 is 1.48 bits per heavy atom. The van der Waals surface area contributed by atoms with Gasteiger partial charge in [-0.25, -0.2) is 0 Å². The molecule has 0 unspecified atom stereocenters. The van der Waals surface area contributed by atoms with Crippen molar-refractivity contribution in [1.29, 1.82) is 0 Å². The average molecular weight is 374 g/mol. The number of carbonyl (C=O) groups is 1. The minimum Gasteiger partial charge on any atom is -0.338 e. The van der Waals surface area contributed by atoms with Crippen molar-refractivity contribution in [3.05, 3.63) is 29.7 Å². The monoisotopic (exact) mass is 374 g/mol. The lowest BCUT2D eigenvalue weighted by atomic mass is 9.85. The maximum atomic E-state index is 12.3. The van der Waals surface area contributed by atoms with Crippen LogP contribution in [-0.2, 0) is 11.8 Å². The van der Waals surface area contributed by atoms with Gasteiger partial charge in [-0.05, 0) is 45.8 Å². The summed E-state index contributed by atoms with van der Waals surface area (Å²) in [7, 11) is 3.95. The van der Waals surface area contributed by atoms with Crippen molar-refractivity contribution in [2.24, 2.45) is 13.0 Å².